The van der Waals surface area contributed by atoms with Crippen molar-refractivity contribution in [3.05, 3.63) is 53.9 Å². The number of benzene rings is 1. The van der Waals surface area contributed by atoms with Gasteiger partial charge in [-0.1, -0.05) is 30.3 Å². The molecular formula is C18H23N3O2. The number of hydrogen-bond acceptors (Lipinski definition) is 3. The van der Waals surface area contributed by atoms with E-state index >= 15 is 0 Å². The van der Waals surface area contributed by atoms with Gasteiger partial charge in [-0.3, -0.25) is 9.48 Å². The first-order valence-corrected chi connectivity index (χ1v) is 8.01. The van der Waals surface area contributed by atoms with Gasteiger partial charge in [0, 0.05) is 18.8 Å². The van der Waals surface area contributed by atoms with Gasteiger partial charge in [-0.05, 0) is 31.2 Å². The van der Waals surface area contributed by atoms with Gasteiger partial charge in [0.25, 0.3) is 0 Å². The first kappa shape index (κ1) is 15.7. The van der Waals surface area contributed by atoms with E-state index in [0.29, 0.717) is 11.5 Å². The number of carbonyl (C=O) groups excluding carboxylic acids is 1. The Balaban J connectivity index is 1.68. The summed E-state index contributed by atoms with van der Waals surface area (Å²) in [6.07, 6.45) is 5.57. The molecule has 122 valence electrons. The van der Waals surface area contributed by atoms with Crippen molar-refractivity contribution in [3.63, 3.8) is 0 Å². The summed E-state index contributed by atoms with van der Waals surface area (Å²) < 4.78 is 1.64. The molecule has 0 radical (unpaired) electrons. The van der Waals surface area contributed by atoms with Crippen LogP contribution in [-0.4, -0.2) is 27.3 Å². The summed E-state index contributed by atoms with van der Waals surface area (Å²) in [5.41, 5.74) is 0.617. The molecule has 1 heterocycles. The van der Waals surface area contributed by atoms with E-state index in [2.05, 4.69) is 10.4 Å². The van der Waals surface area contributed by atoms with Crippen LogP contribution in [0.25, 0.3) is 0 Å². The number of aryl methyl sites for hydroxylation is 1. The number of amides is 1. The molecule has 0 spiro atoms. The topological polar surface area (TPSA) is 67.2 Å². The maximum Gasteiger partial charge on any atom is 0.227 e. The Morgan fingerprint density at radius 1 is 1.43 bits per heavy atom. The summed E-state index contributed by atoms with van der Waals surface area (Å²) in [5.74, 6) is 0.282. The van der Waals surface area contributed by atoms with Crippen LogP contribution in [-0.2, 0) is 17.4 Å². The van der Waals surface area contributed by atoms with Gasteiger partial charge in [-0.2, -0.15) is 5.10 Å². The predicted molar refractivity (Wildman–Crippen MR) is 87.7 cm³/mol. The van der Waals surface area contributed by atoms with E-state index in [1.165, 1.54) is 0 Å². The first-order valence-electron chi connectivity index (χ1n) is 8.01. The van der Waals surface area contributed by atoms with Crippen molar-refractivity contribution in [3.8, 4) is 0 Å². The summed E-state index contributed by atoms with van der Waals surface area (Å²) in [7, 11) is 1.80. The molecule has 1 aromatic heterocycles. The van der Waals surface area contributed by atoms with Gasteiger partial charge in [0.05, 0.1) is 18.7 Å². The van der Waals surface area contributed by atoms with Gasteiger partial charge < -0.3 is 10.4 Å². The van der Waals surface area contributed by atoms with Crippen molar-refractivity contribution in [1.82, 2.24) is 15.1 Å². The van der Waals surface area contributed by atoms with E-state index in [1.807, 2.05) is 30.3 Å². The molecule has 2 atom stereocenters. The van der Waals surface area contributed by atoms with Crippen molar-refractivity contribution in [2.75, 3.05) is 6.54 Å². The molecule has 1 aromatic carbocycles. The van der Waals surface area contributed by atoms with Crippen LogP contribution in [0.1, 0.15) is 36.8 Å². The summed E-state index contributed by atoms with van der Waals surface area (Å²) in [6, 6.07) is 9.88. The lowest BCUT2D eigenvalue weighted by Crippen LogP contribution is -2.41. The number of carbonyl (C=O) groups is 1. The summed E-state index contributed by atoms with van der Waals surface area (Å²) in [6.45, 7) is 1.87. The van der Waals surface area contributed by atoms with Gasteiger partial charge >= 0.3 is 0 Å². The van der Waals surface area contributed by atoms with E-state index in [4.69, 9.17) is 0 Å². The fraction of sp³-hybridized carbons (Fsp3) is 0.444. The molecule has 2 unspecified atom stereocenters. The normalized spacial score (nSPS) is 18.2. The van der Waals surface area contributed by atoms with Crippen LogP contribution < -0.4 is 5.32 Å². The second-order valence-electron chi connectivity index (χ2n) is 6.62. The summed E-state index contributed by atoms with van der Waals surface area (Å²) in [4.78, 5) is 12.7. The largest absolute Gasteiger partial charge is 0.383 e. The van der Waals surface area contributed by atoms with Gasteiger partial charge in [0.2, 0.25) is 5.91 Å². The average molecular weight is 313 g/mol. The molecule has 1 fully saturated rings. The van der Waals surface area contributed by atoms with E-state index < -0.39 is 5.60 Å². The van der Waals surface area contributed by atoms with Crippen LogP contribution in [0.2, 0.25) is 0 Å². The highest BCUT2D eigenvalue weighted by Crippen LogP contribution is 2.42. The zero-order chi connectivity index (χ0) is 16.4. The molecule has 2 aromatic rings. The number of rotatable bonds is 6. The van der Waals surface area contributed by atoms with Crippen molar-refractivity contribution < 1.29 is 9.90 Å². The van der Waals surface area contributed by atoms with E-state index in [9.17, 15) is 9.90 Å². The van der Waals surface area contributed by atoms with Crippen LogP contribution in [0.5, 0.6) is 0 Å². The molecule has 0 saturated heterocycles. The van der Waals surface area contributed by atoms with Crippen LogP contribution in [0.15, 0.2) is 42.7 Å². The van der Waals surface area contributed by atoms with Gasteiger partial charge in [0.15, 0.2) is 0 Å². The van der Waals surface area contributed by atoms with E-state index in [1.54, 1.807) is 31.0 Å². The van der Waals surface area contributed by atoms with Crippen LogP contribution in [0.3, 0.4) is 0 Å². The maximum absolute atomic E-state index is 12.7. The van der Waals surface area contributed by atoms with Crippen molar-refractivity contribution >= 4 is 5.91 Å². The fourth-order valence-electron chi connectivity index (χ4n) is 2.90. The molecule has 3 rings (SSSR count). The quantitative estimate of drug-likeness (QED) is 0.856. The minimum Gasteiger partial charge on any atom is -0.383 e. The standard InChI is InChI=1S/C18H23N3O2/c1-18(23,15-10-20-21(2)11-15)12-19-17(22)16(14-8-9-14)13-6-4-3-5-7-13/h3-7,10-11,14,16,23H,8-9,12H2,1-2H3,(H,19,22). The second-order valence-corrected chi connectivity index (χ2v) is 6.62. The Bertz CT molecular complexity index is 675. The zero-order valence-corrected chi connectivity index (χ0v) is 13.6. The number of aromatic nitrogens is 2. The first-order chi connectivity index (χ1) is 11.0. The Morgan fingerprint density at radius 3 is 2.70 bits per heavy atom. The molecule has 1 amide bonds. The smallest absolute Gasteiger partial charge is 0.227 e. The Kier molecular flexibility index (Phi) is 4.22. The highest BCUT2D eigenvalue weighted by molar-refractivity contribution is 5.84. The predicted octanol–water partition coefficient (Wildman–Crippen LogP) is 1.94. The minimum atomic E-state index is -1.13. The number of nitrogens with zero attached hydrogens (tertiary/aromatic N) is 2. The van der Waals surface area contributed by atoms with Crippen LogP contribution >= 0.6 is 0 Å². The van der Waals surface area contributed by atoms with E-state index in [-0.39, 0.29) is 18.4 Å². The Morgan fingerprint density at radius 2 is 2.13 bits per heavy atom. The summed E-state index contributed by atoms with van der Waals surface area (Å²) in [5, 5.41) is 17.6. The molecule has 2 N–H and O–H groups in total. The van der Waals surface area contributed by atoms with Gasteiger partial charge in [-0.25, -0.2) is 0 Å². The molecular weight excluding hydrogens is 290 g/mol. The molecule has 5 nitrogen and oxygen atoms in total. The molecule has 0 aliphatic heterocycles. The molecule has 1 aliphatic rings. The third-order valence-electron chi connectivity index (χ3n) is 4.47. The number of nitrogens with one attached hydrogen (secondary N) is 1. The van der Waals surface area contributed by atoms with E-state index in [0.717, 1.165) is 18.4 Å². The van der Waals surface area contributed by atoms with Crippen molar-refractivity contribution in [2.24, 2.45) is 13.0 Å². The zero-order valence-electron chi connectivity index (χ0n) is 13.6. The molecule has 5 heteroatoms. The molecule has 1 aliphatic carbocycles. The monoisotopic (exact) mass is 313 g/mol. The van der Waals surface area contributed by atoms with Gasteiger partial charge in [0.1, 0.15) is 5.60 Å². The van der Waals surface area contributed by atoms with Crippen molar-refractivity contribution in [1.29, 1.82) is 0 Å². The fourth-order valence-corrected chi connectivity index (χ4v) is 2.90. The summed E-state index contributed by atoms with van der Waals surface area (Å²) >= 11 is 0. The lowest BCUT2D eigenvalue weighted by molar-refractivity contribution is -0.124. The lowest BCUT2D eigenvalue weighted by atomic mass is 9.92. The lowest BCUT2D eigenvalue weighted by Gasteiger charge is -2.24. The second kappa shape index (κ2) is 6.16. The molecule has 23 heavy (non-hydrogen) atoms. The average Bonchev–Trinajstić information content (AvgIpc) is 3.26. The third-order valence-corrected chi connectivity index (χ3v) is 4.47. The maximum atomic E-state index is 12.7. The minimum absolute atomic E-state index is 0.0112. The third kappa shape index (κ3) is 3.62. The van der Waals surface area contributed by atoms with Crippen molar-refractivity contribution in [2.45, 2.75) is 31.3 Å². The highest BCUT2D eigenvalue weighted by atomic mass is 16.3. The number of aliphatic hydroxyl groups is 1. The van der Waals surface area contributed by atoms with Crippen LogP contribution in [0.4, 0.5) is 0 Å². The van der Waals surface area contributed by atoms with Gasteiger partial charge in [-0.15, -0.1) is 0 Å². The number of hydrogen-bond donors (Lipinski definition) is 2. The molecule has 0 bridgehead atoms. The Labute approximate surface area is 136 Å². The SMILES string of the molecule is Cn1cc(C(C)(O)CNC(=O)C(c2ccccc2)C2CC2)cn1. The highest BCUT2D eigenvalue weighted by Gasteiger charge is 2.38. The molecule has 1 saturated carbocycles. The Hall–Kier alpha value is -2.14. The van der Waals surface area contributed by atoms with Crippen LogP contribution in [0, 0.1) is 5.92 Å².